The van der Waals surface area contributed by atoms with Crippen LogP contribution in [0.15, 0.2) is 138 Å². The van der Waals surface area contributed by atoms with Crippen molar-refractivity contribution in [2.75, 3.05) is 0 Å². The fraction of sp³-hybridized carbons (Fsp3) is 0. The molecular formula is C37H22N2OS. The van der Waals surface area contributed by atoms with Gasteiger partial charge in [0, 0.05) is 47.8 Å². The first-order valence-corrected chi connectivity index (χ1v) is 14.5. The van der Waals surface area contributed by atoms with Crippen molar-refractivity contribution in [1.29, 1.82) is 0 Å². The maximum absolute atomic E-state index is 6.67. The van der Waals surface area contributed by atoms with Crippen LogP contribution in [0.3, 0.4) is 0 Å². The minimum Gasteiger partial charge on any atom is -0.435 e. The molecule has 3 aromatic heterocycles. The molecule has 3 nitrogen and oxygen atoms in total. The summed E-state index contributed by atoms with van der Waals surface area (Å²) >= 11 is 1.82. The van der Waals surface area contributed by atoms with Gasteiger partial charge < -0.3 is 8.98 Å². The molecule has 0 bridgehead atoms. The van der Waals surface area contributed by atoms with E-state index in [-0.39, 0.29) is 0 Å². The Balaban J connectivity index is 1.31. The minimum absolute atomic E-state index is 0.639. The van der Waals surface area contributed by atoms with E-state index in [1.54, 1.807) is 0 Å². The highest BCUT2D eigenvalue weighted by Crippen LogP contribution is 2.45. The first-order chi connectivity index (χ1) is 20.3. The third kappa shape index (κ3) is 3.35. The summed E-state index contributed by atoms with van der Waals surface area (Å²) in [5, 5.41) is 4.74. The molecule has 9 aromatic rings. The zero-order valence-electron chi connectivity index (χ0n) is 21.9. The SMILES string of the molecule is c1ccc(-c2cc3nc(-c4ccc5c(c4)c4ccccc4n5-c4ccccc4)oc3c3c2sc2ccccc23)cc1. The van der Waals surface area contributed by atoms with Gasteiger partial charge in [-0.15, -0.1) is 11.3 Å². The normalized spacial score (nSPS) is 11.9. The summed E-state index contributed by atoms with van der Waals surface area (Å²) < 4.78 is 11.5. The molecule has 0 spiro atoms. The van der Waals surface area contributed by atoms with Gasteiger partial charge in [0.15, 0.2) is 5.58 Å². The summed E-state index contributed by atoms with van der Waals surface area (Å²) in [7, 11) is 0. The number of rotatable bonds is 3. The second-order valence-electron chi connectivity index (χ2n) is 10.4. The molecule has 192 valence electrons. The molecule has 0 N–H and O–H groups in total. The number of oxazole rings is 1. The Labute approximate surface area is 239 Å². The van der Waals surface area contributed by atoms with Crippen molar-refractivity contribution in [3.63, 3.8) is 0 Å². The lowest BCUT2D eigenvalue weighted by Crippen LogP contribution is -1.92. The third-order valence-corrected chi connectivity index (χ3v) is 9.22. The maximum Gasteiger partial charge on any atom is 0.227 e. The van der Waals surface area contributed by atoms with Crippen LogP contribution in [-0.4, -0.2) is 9.55 Å². The van der Waals surface area contributed by atoms with E-state index in [0.29, 0.717) is 5.89 Å². The summed E-state index contributed by atoms with van der Waals surface area (Å²) in [6.45, 7) is 0. The Morgan fingerprint density at radius 3 is 2.15 bits per heavy atom. The van der Waals surface area contributed by atoms with Crippen molar-refractivity contribution in [2.24, 2.45) is 0 Å². The quantitative estimate of drug-likeness (QED) is 0.222. The van der Waals surface area contributed by atoms with E-state index in [9.17, 15) is 0 Å². The number of aromatic nitrogens is 2. The van der Waals surface area contributed by atoms with E-state index in [0.717, 1.165) is 33.3 Å². The van der Waals surface area contributed by atoms with Crippen LogP contribution in [0, 0.1) is 0 Å². The van der Waals surface area contributed by atoms with E-state index < -0.39 is 0 Å². The zero-order valence-corrected chi connectivity index (χ0v) is 22.7. The van der Waals surface area contributed by atoms with Crippen LogP contribution in [0.2, 0.25) is 0 Å². The predicted molar refractivity (Wildman–Crippen MR) is 172 cm³/mol. The zero-order chi connectivity index (χ0) is 26.9. The monoisotopic (exact) mass is 542 g/mol. The molecule has 0 aliphatic carbocycles. The maximum atomic E-state index is 6.67. The molecule has 0 amide bonds. The van der Waals surface area contributed by atoms with Crippen LogP contribution in [0.25, 0.3) is 81.3 Å². The van der Waals surface area contributed by atoms with Crippen LogP contribution in [0.4, 0.5) is 0 Å². The topological polar surface area (TPSA) is 31.0 Å². The number of benzene rings is 6. The van der Waals surface area contributed by atoms with Crippen molar-refractivity contribution in [3.05, 3.63) is 133 Å². The van der Waals surface area contributed by atoms with Gasteiger partial charge in [-0.25, -0.2) is 4.98 Å². The van der Waals surface area contributed by atoms with Gasteiger partial charge in [0.2, 0.25) is 5.89 Å². The van der Waals surface area contributed by atoms with Crippen molar-refractivity contribution in [1.82, 2.24) is 9.55 Å². The second-order valence-corrected chi connectivity index (χ2v) is 11.4. The van der Waals surface area contributed by atoms with Crippen molar-refractivity contribution in [2.45, 2.75) is 0 Å². The van der Waals surface area contributed by atoms with E-state index in [1.165, 1.54) is 42.2 Å². The summed E-state index contributed by atoms with van der Waals surface area (Å²) in [6.07, 6.45) is 0. The van der Waals surface area contributed by atoms with Gasteiger partial charge in [0.1, 0.15) is 5.52 Å². The van der Waals surface area contributed by atoms with E-state index in [2.05, 4.69) is 138 Å². The molecule has 6 aromatic carbocycles. The standard InChI is InChI=1S/C37H22N2OS/c1-3-11-23(12-4-1)28-22-30-35(34-27-16-8-10-18-33(27)41-36(28)34)40-37(38-30)24-19-20-32-29(21-24)26-15-7-9-17-31(26)39(32)25-13-5-2-6-14-25/h1-22H. The molecule has 0 atom stereocenters. The Bertz CT molecular complexity index is 2410. The molecule has 0 fully saturated rings. The molecule has 0 saturated heterocycles. The number of fused-ring (bicyclic) bond motifs is 8. The smallest absolute Gasteiger partial charge is 0.227 e. The fourth-order valence-electron chi connectivity index (χ4n) is 6.19. The second kappa shape index (κ2) is 8.65. The third-order valence-electron chi connectivity index (χ3n) is 8.02. The molecule has 0 unspecified atom stereocenters. The van der Waals surface area contributed by atoms with Crippen molar-refractivity contribution >= 4 is 64.4 Å². The van der Waals surface area contributed by atoms with Gasteiger partial charge in [0.25, 0.3) is 0 Å². The largest absolute Gasteiger partial charge is 0.435 e. The van der Waals surface area contributed by atoms with Crippen LogP contribution in [0.1, 0.15) is 0 Å². The van der Waals surface area contributed by atoms with Crippen LogP contribution >= 0.6 is 11.3 Å². The number of hydrogen-bond acceptors (Lipinski definition) is 3. The molecule has 0 aliphatic rings. The van der Waals surface area contributed by atoms with Crippen LogP contribution in [-0.2, 0) is 0 Å². The van der Waals surface area contributed by atoms with E-state index in [1.807, 2.05) is 11.3 Å². The number of nitrogens with zero attached hydrogens (tertiary/aromatic N) is 2. The molecule has 9 rings (SSSR count). The first-order valence-electron chi connectivity index (χ1n) is 13.7. The number of thiophene rings is 1. The Morgan fingerprint density at radius 2 is 1.29 bits per heavy atom. The lowest BCUT2D eigenvalue weighted by atomic mass is 10.0. The van der Waals surface area contributed by atoms with E-state index >= 15 is 0 Å². The van der Waals surface area contributed by atoms with Gasteiger partial charge >= 0.3 is 0 Å². The van der Waals surface area contributed by atoms with Gasteiger partial charge in [-0.1, -0.05) is 84.9 Å². The molecule has 4 heteroatoms. The fourth-order valence-corrected chi connectivity index (χ4v) is 7.43. The predicted octanol–water partition coefficient (Wildman–Crippen LogP) is 10.6. The molecule has 0 saturated carbocycles. The average Bonchev–Trinajstić information content (AvgIpc) is 3.73. The highest BCUT2D eigenvalue weighted by Gasteiger charge is 2.20. The molecule has 0 radical (unpaired) electrons. The number of hydrogen-bond donors (Lipinski definition) is 0. The molecule has 41 heavy (non-hydrogen) atoms. The summed E-state index contributed by atoms with van der Waals surface area (Å²) in [5.74, 6) is 0.639. The first kappa shape index (κ1) is 22.6. The van der Waals surface area contributed by atoms with Gasteiger partial charge in [-0.2, -0.15) is 0 Å². The van der Waals surface area contributed by atoms with Crippen LogP contribution < -0.4 is 0 Å². The van der Waals surface area contributed by atoms with Crippen molar-refractivity contribution in [3.8, 4) is 28.3 Å². The number of para-hydroxylation sites is 2. The molecular weight excluding hydrogens is 520 g/mol. The Morgan fingerprint density at radius 1 is 0.585 bits per heavy atom. The highest BCUT2D eigenvalue weighted by atomic mass is 32.1. The summed E-state index contributed by atoms with van der Waals surface area (Å²) in [5.41, 5.74) is 8.56. The highest BCUT2D eigenvalue weighted by molar-refractivity contribution is 7.26. The van der Waals surface area contributed by atoms with Gasteiger partial charge in [-0.3, -0.25) is 0 Å². The Kier molecular flexibility index (Phi) is 4.77. The summed E-state index contributed by atoms with van der Waals surface area (Å²) in [4.78, 5) is 5.09. The van der Waals surface area contributed by atoms with Gasteiger partial charge in [0.05, 0.1) is 11.0 Å². The van der Waals surface area contributed by atoms with E-state index in [4.69, 9.17) is 9.40 Å². The molecule has 3 heterocycles. The summed E-state index contributed by atoms with van der Waals surface area (Å²) in [6, 6.07) is 47.0. The Hall–Kier alpha value is -5.19. The molecule has 0 aliphatic heterocycles. The van der Waals surface area contributed by atoms with Crippen LogP contribution in [0.5, 0.6) is 0 Å². The lowest BCUT2D eigenvalue weighted by molar-refractivity contribution is 0.623. The minimum atomic E-state index is 0.639. The van der Waals surface area contributed by atoms with Gasteiger partial charge in [-0.05, 0) is 54.1 Å². The van der Waals surface area contributed by atoms with Crippen molar-refractivity contribution < 1.29 is 4.42 Å². The average molecular weight is 543 g/mol. The lowest BCUT2D eigenvalue weighted by Gasteiger charge is -2.07.